The lowest BCUT2D eigenvalue weighted by Crippen LogP contribution is -2.44. The molecular weight excluding hydrogens is 388 g/mol. The summed E-state index contributed by atoms with van der Waals surface area (Å²) < 4.78 is 0. The number of rotatable bonds is 4. The number of thiazole rings is 1. The van der Waals surface area contributed by atoms with Crippen molar-refractivity contribution in [1.82, 2.24) is 15.2 Å². The molecule has 0 saturated carbocycles. The monoisotopic (exact) mass is 416 g/mol. The lowest BCUT2D eigenvalue weighted by atomic mass is 9.98. The first-order chi connectivity index (χ1) is 14.1. The molecule has 1 aromatic carbocycles. The largest absolute Gasteiger partial charge is 0.494 e. The molecule has 2 aliphatic rings. The van der Waals surface area contributed by atoms with Crippen LogP contribution in [-0.4, -0.2) is 60.2 Å². The summed E-state index contributed by atoms with van der Waals surface area (Å²) in [5.41, 5.74) is 2.19. The number of nitrogens with zero attached hydrogens (tertiary/aromatic N) is 2. The number of para-hydroxylation sites is 1. The van der Waals surface area contributed by atoms with Gasteiger partial charge in [-0.3, -0.25) is 14.6 Å². The third-order valence-corrected chi connectivity index (χ3v) is 6.71. The van der Waals surface area contributed by atoms with E-state index in [0.717, 1.165) is 81.1 Å². The van der Waals surface area contributed by atoms with Crippen molar-refractivity contribution >= 4 is 22.9 Å². The molecule has 0 spiro atoms. The molecule has 1 amide bonds. The standard InChI is InChI=1S/C21H28N4O3S/c26-19-18(29-21(28)23-19)13-15-5-1-2-7-17(15)24-9-4-10-25(12-11-24)20(27)16-6-3-8-22-14-16/h1-2,5,7,16,22,26H,3-4,6,8-14H2,(H,23,28). The van der Waals surface area contributed by atoms with Crippen LogP contribution in [0.3, 0.4) is 0 Å². The van der Waals surface area contributed by atoms with Crippen LogP contribution in [0.5, 0.6) is 5.88 Å². The van der Waals surface area contributed by atoms with Gasteiger partial charge in [0.15, 0.2) is 0 Å². The van der Waals surface area contributed by atoms with Gasteiger partial charge in [0.2, 0.25) is 11.8 Å². The summed E-state index contributed by atoms with van der Waals surface area (Å²) in [6, 6.07) is 8.12. The van der Waals surface area contributed by atoms with E-state index < -0.39 is 0 Å². The molecule has 1 aromatic heterocycles. The van der Waals surface area contributed by atoms with E-state index >= 15 is 0 Å². The lowest BCUT2D eigenvalue weighted by molar-refractivity contribution is -0.135. The normalized spacial score (nSPS) is 20.5. The molecular formula is C21H28N4O3S. The number of carbonyl (C=O) groups is 1. The van der Waals surface area contributed by atoms with Gasteiger partial charge < -0.3 is 20.2 Å². The fourth-order valence-corrected chi connectivity index (χ4v) is 5.06. The van der Waals surface area contributed by atoms with E-state index in [1.165, 1.54) is 0 Å². The average molecular weight is 417 g/mol. The summed E-state index contributed by atoms with van der Waals surface area (Å²) in [5.74, 6) is 0.361. The Kier molecular flexibility index (Phi) is 6.20. The Bertz CT molecular complexity index is 903. The number of aromatic amines is 1. The van der Waals surface area contributed by atoms with Crippen LogP contribution in [0.4, 0.5) is 5.69 Å². The highest BCUT2D eigenvalue weighted by Crippen LogP contribution is 2.28. The molecule has 0 bridgehead atoms. The van der Waals surface area contributed by atoms with Crippen LogP contribution >= 0.6 is 11.3 Å². The van der Waals surface area contributed by atoms with Gasteiger partial charge in [-0.1, -0.05) is 29.5 Å². The van der Waals surface area contributed by atoms with Gasteiger partial charge in [0, 0.05) is 44.8 Å². The highest BCUT2D eigenvalue weighted by Gasteiger charge is 2.27. The highest BCUT2D eigenvalue weighted by atomic mass is 32.1. The first-order valence-electron chi connectivity index (χ1n) is 10.3. The minimum absolute atomic E-state index is 0.0384. The number of benzene rings is 1. The van der Waals surface area contributed by atoms with Crippen LogP contribution in [0.25, 0.3) is 0 Å². The SMILES string of the molecule is O=C(C1CCCNC1)N1CCCN(c2ccccc2Cc2sc(=O)[nH]c2O)CC1. The molecule has 29 heavy (non-hydrogen) atoms. The van der Waals surface area contributed by atoms with Crippen molar-refractivity contribution in [3.8, 4) is 5.88 Å². The highest BCUT2D eigenvalue weighted by molar-refractivity contribution is 7.09. The predicted octanol–water partition coefficient (Wildman–Crippen LogP) is 1.77. The van der Waals surface area contributed by atoms with Crippen LogP contribution in [0.1, 0.15) is 29.7 Å². The van der Waals surface area contributed by atoms with Crippen molar-refractivity contribution in [2.45, 2.75) is 25.7 Å². The Morgan fingerprint density at radius 2 is 2.03 bits per heavy atom. The van der Waals surface area contributed by atoms with Crippen molar-refractivity contribution in [3.05, 3.63) is 44.4 Å². The van der Waals surface area contributed by atoms with Gasteiger partial charge in [-0.25, -0.2) is 0 Å². The van der Waals surface area contributed by atoms with Gasteiger partial charge in [0.25, 0.3) is 0 Å². The summed E-state index contributed by atoms with van der Waals surface area (Å²) in [4.78, 5) is 31.6. The summed E-state index contributed by atoms with van der Waals surface area (Å²) in [7, 11) is 0. The Balaban J connectivity index is 1.46. The quantitative estimate of drug-likeness (QED) is 0.707. The summed E-state index contributed by atoms with van der Waals surface area (Å²) in [6.07, 6.45) is 3.50. The molecule has 2 aromatic rings. The van der Waals surface area contributed by atoms with E-state index in [9.17, 15) is 14.7 Å². The molecule has 156 valence electrons. The van der Waals surface area contributed by atoms with Gasteiger partial charge in [-0.2, -0.15) is 0 Å². The molecule has 3 heterocycles. The van der Waals surface area contributed by atoms with Crippen molar-refractivity contribution < 1.29 is 9.90 Å². The Morgan fingerprint density at radius 3 is 2.79 bits per heavy atom. The summed E-state index contributed by atoms with van der Waals surface area (Å²) in [5, 5.41) is 13.3. The molecule has 7 nitrogen and oxygen atoms in total. The van der Waals surface area contributed by atoms with Gasteiger partial charge in [-0.15, -0.1) is 0 Å². The number of hydrogen-bond acceptors (Lipinski definition) is 6. The van der Waals surface area contributed by atoms with Crippen LogP contribution in [0, 0.1) is 5.92 Å². The van der Waals surface area contributed by atoms with Crippen LogP contribution in [0.15, 0.2) is 29.1 Å². The van der Waals surface area contributed by atoms with Crippen molar-refractivity contribution in [1.29, 1.82) is 0 Å². The topological polar surface area (TPSA) is 88.7 Å². The zero-order chi connectivity index (χ0) is 20.2. The van der Waals surface area contributed by atoms with Crippen LogP contribution in [-0.2, 0) is 11.2 Å². The Labute approximate surface area is 174 Å². The molecule has 2 saturated heterocycles. The van der Waals surface area contributed by atoms with E-state index in [-0.39, 0.29) is 22.6 Å². The number of anilines is 1. The molecule has 0 radical (unpaired) electrons. The number of aromatic nitrogens is 1. The second kappa shape index (κ2) is 9.00. The third-order valence-electron chi connectivity index (χ3n) is 5.84. The van der Waals surface area contributed by atoms with Gasteiger partial charge in [0.05, 0.1) is 10.8 Å². The number of hydrogen-bond donors (Lipinski definition) is 3. The van der Waals surface area contributed by atoms with Crippen LogP contribution < -0.4 is 15.1 Å². The van der Waals surface area contributed by atoms with E-state index in [1.54, 1.807) is 0 Å². The first kappa shape index (κ1) is 20.0. The molecule has 2 fully saturated rings. The van der Waals surface area contributed by atoms with E-state index in [1.807, 2.05) is 23.1 Å². The number of amides is 1. The maximum absolute atomic E-state index is 12.9. The zero-order valence-electron chi connectivity index (χ0n) is 16.5. The van der Waals surface area contributed by atoms with Gasteiger partial charge in [-0.05, 0) is 37.4 Å². The summed E-state index contributed by atoms with van der Waals surface area (Å²) >= 11 is 1.05. The van der Waals surface area contributed by atoms with E-state index in [2.05, 4.69) is 21.3 Å². The number of nitrogens with one attached hydrogen (secondary N) is 2. The van der Waals surface area contributed by atoms with Gasteiger partial charge >= 0.3 is 4.87 Å². The fraction of sp³-hybridized carbons (Fsp3) is 0.524. The number of aromatic hydroxyl groups is 1. The van der Waals surface area contributed by atoms with Crippen molar-refractivity contribution in [2.75, 3.05) is 44.2 Å². The third kappa shape index (κ3) is 4.64. The second-order valence-electron chi connectivity index (χ2n) is 7.80. The fourth-order valence-electron chi connectivity index (χ4n) is 4.31. The Hall–Kier alpha value is -2.32. The van der Waals surface area contributed by atoms with Crippen molar-refractivity contribution in [3.63, 3.8) is 0 Å². The summed E-state index contributed by atoms with van der Waals surface area (Å²) in [6.45, 7) is 5.02. The second-order valence-corrected chi connectivity index (χ2v) is 8.87. The molecule has 3 N–H and O–H groups in total. The van der Waals surface area contributed by atoms with E-state index in [0.29, 0.717) is 11.3 Å². The zero-order valence-corrected chi connectivity index (χ0v) is 17.3. The maximum atomic E-state index is 12.9. The average Bonchev–Trinajstić information content (AvgIpc) is 2.93. The molecule has 0 aliphatic carbocycles. The van der Waals surface area contributed by atoms with Crippen LogP contribution in [0.2, 0.25) is 0 Å². The van der Waals surface area contributed by atoms with Crippen molar-refractivity contribution in [2.24, 2.45) is 5.92 Å². The molecule has 8 heteroatoms. The molecule has 1 unspecified atom stereocenters. The molecule has 1 atom stereocenters. The first-order valence-corrected chi connectivity index (χ1v) is 11.2. The smallest absolute Gasteiger partial charge is 0.307 e. The number of piperidine rings is 1. The maximum Gasteiger partial charge on any atom is 0.307 e. The number of carbonyl (C=O) groups excluding carboxylic acids is 1. The molecule has 4 rings (SSSR count). The van der Waals surface area contributed by atoms with Gasteiger partial charge in [0.1, 0.15) is 0 Å². The Morgan fingerprint density at radius 1 is 1.17 bits per heavy atom. The minimum Gasteiger partial charge on any atom is -0.494 e. The van der Waals surface area contributed by atoms with E-state index in [4.69, 9.17) is 0 Å². The lowest BCUT2D eigenvalue weighted by Gasteiger charge is -2.29. The minimum atomic E-state index is -0.240. The molecule has 2 aliphatic heterocycles. The predicted molar refractivity (Wildman–Crippen MR) is 115 cm³/mol. The number of H-pyrrole nitrogens is 1.